The first kappa shape index (κ1) is 22.3. The van der Waals surface area contributed by atoms with Gasteiger partial charge in [-0.2, -0.15) is 13.2 Å². The van der Waals surface area contributed by atoms with Crippen LogP contribution >= 0.6 is 0 Å². The van der Waals surface area contributed by atoms with Gasteiger partial charge in [-0.3, -0.25) is 9.59 Å². The van der Waals surface area contributed by atoms with Crippen molar-refractivity contribution in [2.75, 3.05) is 17.2 Å². The quantitative estimate of drug-likeness (QED) is 0.746. The minimum Gasteiger partial charge on any atom is -0.483 e. The highest BCUT2D eigenvalue weighted by molar-refractivity contribution is 5.95. The molecule has 29 heavy (non-hydrogen) atoms. The maximum atomic E-state index is 12.3. The molecule has 0 radical (unpaired) electrons. The molecule has 0 saturated heterocycles. The Hall–Kier alpha value is -3.03. The number of amides is 2. The maximum absolute atomic E-state index is 12.3. The van der Waals surface area contributed by atoms with Gasteiger partial charge in [0.15, 0.2) is 6.61 Å². The smallest absolute Gasteiger partial charge is 0.471 e. The van der Waals surface area contributed by atoms with Crippen molar-refractivity contribution in [3.63, 3.8) is 0 Å². The van der Waals surface area contributed by atoms with Crippen LogP contribution in [-0.4, -0.2) is 24.6 Å². The molecule has 0 unspecified atom stereocenters. The van der Waals surface area contributed by atoms with Crippen LogP contribution in [0, 0.1) is 6.92 Å². The molecule has 0 heterocycles. The highest BCUT2D eigenvalue weighted by atomic mass is 19.4. The fraction of sp³-hybridized carbons (Fsp3) is 0.333. The van der Waals surface area contributed by atoms with Crippen LogP contribution < -0.4 is 15.4 Å². The molecule has 0 aliphatic carbocycles. The first-order chi connectivity index (χ1) is 13.4. The molecule has 2 N–H and O–H groups in total. The zero-order chi connectivity index (χ0) is 21.8. The van der Waals surface area contributed by atoms with Crippen molar-refractivity contribution < 1.29 is 27.5 Å². The summed E-state index contributed by atoms with van der Waals surface area (Å²) in [5.41, 5.74) is 2.24. The molecule has 0 aromatic heterocycles. The summed E-state index contributed by atoms with van der Waals surface area (Å²) in [6, 6.07) is 11.0. The van der Waals surface area contributed by atoms with Gasteiger partial charge in [0.25, 0.3) is 5.91 Å². The van der Waals surface area contributed by atoms with Crippen LogP contribution in [0.4, 0.5) is 24.5 Å². The number of anilines is 2. The van der Waals surface area contributed by atoms with Crippen LogP contribution in [0.3, 0.4) is 0 Å². The average molecular weight is 408 g/mol. The summed E-state index contributed by atoms with van der Waals surface area (Å²) in [7, 11) is 0. The maximum Gasteiger partial charge on any atom is 0.471 e. The van der Waals surface area contributed by atoms with Crippen molar-refractivity contribution in [1.82, 2.24) is 0 Å². The van der Waals surface area contributed by atoms with E-state index in [4.69, 9.17) is 4.74 Å². The number of halogens is 3. The molecule has 0 bridgehead atoms. The van der Waals surface area contributed by atoms with Gasteiger partial charge in [0.05, 0.1) is 0 Å². The van der Waals surface area contributed by atoms with Gasteiger partial charge in [-0.25, -0.2) is 0 Å². The summed E-state index contributed by atoms with van der Waals surface area (Å²) in [6.45, 7) is 7.90. The van der Waals surface area contributed by atoms with E-state index in [1.165, 1.54) is 24.3 Å². The van der Waals surface area contributed by atoms with Crippen molar-refractivity contribution in [2.24, 2.45) is 0 Å². The van der Waals surface area contributed by atoms with Crippen LogP contribution in [-0.2, 0) is 15.0 Å². The Kier molecular flexibility index (Phi) is 6.56. The van der Waals surface area contributed by atoms with Crippen LogP contribution in [0.25, 0.3) is 0 Å². The van der Waals surface area contributed by atoms with Crippen molar-refractivity contribution in [3.8, 4) is 5.75 Å². The normalized spacial score (nSPS) is 11.7. The molecule has 0 aliphatic rings. The molecule has 0 spiro atoms. The Labute approximate surface area is 167 Å². The van der Waals surface area contributed by atoms with Crippen LogP contribution in [0.5, 0.6) is 5.75 Å². The monoisotopic (exact) mass is 408 g/mol. The summed E-state index contributed by atoms with van der Waals surface area (Å²) < 4.78 is 42.4. The molecule has 2 amide bonds. The van der Waals surface area contributed by atoms with Gasteiger partial charge in [-0.15, -0.1) is 0 Å². The Bertz CT molecular complexity index is 886. The molecular weight excluding hydrogens is 385 g/mol. The van der Waals surface area contributed by atoms with Crippen molar-refractivity contribution in [3.05, 3.63) is 53.6 Å². The van der Waals surface area contributed by atoms with Gasteiger partial charge >= 0.3 is 12.1 Å². The third kappa shape index (κ3) is 6.51. The zero-order valence-electron chi connectivity index (χ0n) is 16.6. The van der Waals surface area contributed by atoms with E-state index >= 15 is 0 Å². The summed E-state index contributed by atoms with van der Waals surface area (Å²) in [5, 5.41) is 4.33. The van der Waals surface area contributed by atoms with E-state index < -0.39 is 18.0 Å². The number of hydrogen-bond donors (Lipinski definition) is 2. The van der Waals surface area contributed by atoms with E-state index in [0.29, 0.717) is 11.4 Å². The highest BCUT2D eigenvalue weighted by Gasteiger charge is 2.38. The van der Waals surface area contributed by atoms with Gasteiger partial charge in [0, 0.05) is 11.4 Å². The Morgan fingerprint density at radius 2 is 1.48 bits per heavy atom. The van der Waals surface area contributed by atoms with Gasteiger partial charge in [-0.05, 0) is 48.2 Å². The molecular formula is C21H23F3N2O3. The number of hydrogen-bond acceptors (Lipinski definition) is 3. The predicted molar refractivity (Wildman–Crippen MR) is 105 cm³/mol. The molecule has 2 aromatic carbocycles. The number of nitrogens with one attached hydrogen (secondary N) is 2. The molecule has 0 aliphatic heterocycles. The lowest BCUT2D eigenvalue weighted by Gasteiger charge is -2.23. The lowest BCUT2D eigenvalue weighted by Crippen LogP contribution is -2.29. The Balaban J connectivity index is 1.96. The molecule has 156 valence electrons. The zero-order valence-corrected chi connectivity index (χ0v) is 16.6. The number of rotatable bonds is 5. The molecule has 0 atom stereocenters. The third-order valence-corrected chi connectivity index (χ3v) is 3.99. The SMILES string of the molecule is Cc1ccc(OCC(=O)Nc2ccc(NC(=O)C(F)(F)F)cc2)c(C(C)(C)C)c1. The standard InChI is InChI=1S/C21H23F3N2O3/c1-13-5-10-17(16(11-13)20(2,3)4)29-12-18(27)25-14-6-8-15(9-7-14)26-19(28)21(22,23)24/h5-11H,12H2,1-4H3,(H,25,27)(H,26,28). The van der Waals surface area contributed by atoms with Crippen LogP contribution in [0.15, 0.2) is 42.5 Å². The number of ether oxygens (including phenoxy) is 1. The first-order valence-electron chi connectivity index (χ1n) is 8.88. The molecule has 2 rings (SSSR count). The van der Waals surface area contributed by atoms with E-state index in [1.807, 2.05) is 45.9 Å². The van der Waals surface area contributed by atoms with Crippen LogP contribution in [0.2, 0.25) is 0 Å². The summed E-state index contributed by atoms with van der Waals surface area (Å²) in [4.78, 5) is 23.1. The second-order valence-corrected chi connectivity index (χ2v) is 7.62. The summed E-state index contributed by atoms with van der Waals surface area (Å²) in [6.07, 6.45) is -4.97. The number of benzene rings is 2. The summed E-state index contributed by atoms with van der Waals surface area (Å²) >= 11 is 0. The van der Waals surface area contributed by atoms with E-state index in [2.05, 4.69) is 5.32 Å². The number of carbonyl (C=O) groups excluding carboxylic acids is 2. The minimum atomic E-state index is -4.97. The second kappa shape index (κ2) is 8.55. The van der Waals surface area contributed by atoms with E-state index in [-0.39, 0.29) is 17.7 Å². The van der Waals surface area contributed by atoms with E-state index in [1.54, 1.807) is 5.32 Å². The molecule has 5 nitrogen and oxygen atoms in total. The van der Waals surface area contributed by atoms with E-state index in [9.17, 15) is 22.8 Å². The molecule has 8 heteroatoms. The Morgan fingerprint density at radius 1 is 0.931 bits per heavy atom. The lowest BCUT2D eigenvalue weighted by atomic mass is 9.85. The second-order valence-electron chi connectivity index (χ2n) is 7.62. The van der Waals surface area contributed by atoms with Gasteiger partial charge in [0.1, 0.15) is 5.75 Å². The fourth-order valence-electron chi connectivity index (χ4n) is 2.54. The van der Waals surface area contributed by atoms with Gasteiger partial charge in [0.2, 0.25) is 0 Å². The lowest BCUT2D eigenvalue weighted by molar-refractivity contribution is -0.167. The minimum absolute atomic E-state index is 0.0314. The molecule has 0 fully saturated rings. The number of alkyl halides is 3. The third-order valence-electron chi connectivity index (χ3n) is 3.99. The van der Waals surface area contributed by atoms with Crippen molar-refractivity contribution in [2.45, 2.75) is 39.3 Å². The van der Waals surface area contributed by atoms with Crippen LogP contribution in [0.1, 0.15) is 31.9 Å². The van der Waals surface area contributed by atoms with Crippen molar-refractivity contribution >= 4 is 23.2 Å². The molecule has 2 aromatic rings. The molecule has 0 saturated carbocycles. The predicted octanol–water partition coefficient (Wildman–Crippen LogP) is 4.81. The highest BCUT2D eigenvalue weighted by Crippen LogP contribution is 2.32. The topological polar surface area (TPSA) is 67.4 Å². The summed E-state index contributed by atoms with van der Waals surface area (Å²) in [5.74, 6) is -1.86. The fourth-order valence-corrected chi connectivity index (χ4v) is 2.54. The first-order valence-corrected chi connectivity index (χ1v) is 8.88. The average Bonchev–Trinajstić information content (AvgIpc) is 2.60. The largest absolute Gasteiger partial charge is 0.483 e. The number of aryl methyl sites for hydroxylation is 1. The van der Waals surface area contributed by atoms with E-state index in [0.717, 1.165) is 11.1 Å². The Morgan fingerprint density at radius 3 is 2.00 bits per heavy atom. The number of carbonyl (C=O) groups is 2. The van der Waals surface area contributed by atoms with Crippen molar-refractivity contribution in [1.29, 1.82) is 0 Å². The van der Waals surface area contributed by atoms with Gasteiger partial charge in [-0.1, -0.05) is 38.5 Å². The van der Waals surface area contributed by atoms with Gasteiger partial charge < -0.3 is 15.4 Å².